The van der Waals surface area contributed by atoms with Crippen LogP contribution >= 0.6 is 23.4 Å². The van der Waals surface area contributed by atoms with Gasteiger partial charge < -0.3 is 5.32 Å². The summed E-state index contributed by atoms with van der Waals surface area (Å²) in [5, 5.41) is 3.61. The van der Waals surface area contributed by atoms with Crippen LogP contribution in [0.25, 0.3) is 0 Å². The van der Waals surface area contributed by atoms with E-state index in [9.17, 15) is 4.79 Å². The Labute approximate surface area is 127 Å². The second kappa shape index (κ2) is 7.31. The molecule has 1 amide bonds. The van der Waals surface area contributed by atoms with Crippen molar-refractivity contribution in [2.24, 2.45) is 0 Å². The number of carbonyl (C=O) groups is 1. The molecular formula is C15H15ClN2OS. The lowest BCUT2D eigenvalue weighted by Crippen LogP contribution is -2.28. The van der Waals surface area contributed by atoms with Crippen molar-refractivity contribution in [3.05, 3.63) is 59.4 Å². The van der Waals surface area contributed by atoms with Gasteiger partial charge in [-0.3, -0.25) is 9.78 Å². The first kappa shape index (κ1) is 14.9. The predicted octanol–water partition coefficient (Wildman–Crippen LogP) is 3.70. The summed E-state index contributed by atoms with van der Waals surface area (Å²) in [4.78, 5) is 16.9. The monoisotopic (exact) mass is 306 g/mol. The number of thioether (sulfide) groups is 1. The Kier molecular flexibility index (Phi) is 5.44. The van der Waals surface area contributed by atoms with E-state index >= 15 is 0 Å². The highest BCUT2D eigenvalue weighted by Crippen LogP contribution is 2.26. The Morgan fingerprint density at radius 2 is 2.15 bits per heavy atom. The Hall–Kier alpha value is -1.52. The molecule has 0 spiro atoms. The molecule has 2 rings (SSSR count). The number of carbonyl (C=O) groups excluding carboxylic acids is 1. The molecule has 3 nitrogen and oxygen atoms in total. The summed E-state index contributed by atoms with van der Waals surface area (Å²) in [6.07, 6.45) is 3.47. The minimum Gasteiger partial charge on any atom is -0.349 e. The summed E-state index contributed by atoms with van der Waals surface area (Å²) in [6.45, 7) is 1.94. The van der Waals surface area contributed by atoms with Crippen LogP contribution in [0.1, 0.15) is 18.5 Å². The molecular weight excluding hydrogens is 292 g/mol. The van der Waals surface area contributed by atoms with Gasteiger partial charge in [-0.15, -0.1) is 11.8 Å². The Balaban J connectivity index is 1.86. The van der Waals surface area contributed by atoms with Gasteiger partial charge in [-0.05, 0) is 30.7 Å². The average Bonchev–Trinajstić information content (AvgIpc) is 2.47. The van der Waals surface area contributed by atoms with Crippen LogP contribution in [0.2, 0.25) is 5.02 Å². The van der Waals surface area contributed by atoms with E-state index in [0.717, 1.165) is 10.5 Å². The molecule has 1 heterocycles. The van der Waals surface area contributed by atoms with Crippen molar-refractivity contribution in [3.8, 4) is 0 Å². The first-order chi connectivity index (χ1) is 9.66. The molecule has 0 fully saturated rings. The molecule has 0 aliphatic heterocycles. The van der Waals surface area contributed by atoms with Crippen LogP contribution < -0.4 is 5.32 Å². The minimum absolute atomic E-state index is 0.0220. The quantitative estimate of drug-likeness (QED) is 0.856. The van der Waals surface area contributed by atoms with Gasteiger partial charge in [0.25, 0.3) is 0 Å². The second-order valence-corrected chi connectivity index (χ2v) is 5.72. The lowest BCUT2D eigenvalue weighted by Gasteiger charge is -2.13. The number of pyridine rings is 1. The summed E-state index contributed by atoms with van der Waals surface area (Å²) in [5.74, 6) is 0.320. The molecule has 1 unspecified atom stereocenters. The smallest absolute Gasteiger partial charge is 0.230 e. The zero-order valence-electron chi connectivity index (χ0n) is 11.0. The number of amides is 1. The number of hydrogen-bond acceptors (Lipinski definition) is 3. The standard InChI is InChI=1S/C15H15ClN2OS/c1-11(12-5-4-8-17-9-12)18-15(19)10-20-14-7-3-2-6-13(14)16/h2-9,11H,10H2,1H3,(H,18,19). The van der Waals surface area contributed by atoms with Gasteiger partial charge >= 0.3 is 0 Å². The van der Waals surface area contributed by atoms with E-state index in [1.165, 1.54) is 11.8 Å². The Morgan fingerprint density at radius 1 is 1.35 bits per heavy atom. The summed E-state index contributed by atoms with van der Waals surface area (Å²) in [5.41, 5.74) is 0.989. The van der Waals surface area contributed by atoms with Crippen LogP contribution in [0.15, 0.2) is 53.7 Å². The lowest BCUT2D eigenvalue weighted by molar-refractivity contribution is -0.119. The third-order valence-corrected chi connectivity index (χ3v) is 4.27. The van der Waals surface area contributed by atoms with Crippen molar-refractivity contribution in [1.29, 1.82) is 0 Å². The number of rotatable bonds is 5. The van der Waals surface area contributed by atoms with Crippen molar-refractivity contribution >= 4 is 29.3 Å². The van der Waals surface area contributed by atoms with Crippen molar-refractivity contribution in [3.63, 3.8) is 0 Å². The number of aromatic nitrogens is 1. The molecule has 0 saturated carbocycles. The highest BCUT2D eigenvalue weighted by atomic mass is 35.5. The minimum atomic E-state index is -0.0527. The van der Waals surface area contributed by atoms with Crippen molar-refractivity contribution in [2.75, 3.05) is 5.75 Å². The zero-order valence-corrected chi connectivity index (χ0v) is 12.6. The van der Waals surface area contributed by atoms with E-state index in [2.05, 4.69) is 10.3 Å². The molecule has 1 aromatic carbocycles. The highest BCUT2D eigenvalue weighted by molar-refractivity contribution is 8.00. The molecule has 104 valence electrons. The molecule has 1 atom stereocenters. The Bertz CT molecular complexity index is 577. The number of nitrogens with zero attached hydrogens (tertiary/aromatic N) is 1. The predicted molar refractivity (Wildman–Crippen MR) is 83.0 cm³/mol. The van der Waals surface area contributed by atoms with E-state index < -0.39 is 0 Å². The van der Waals surface area contributed by atoms with Gasteiger partial charge in [-0.25, -0.2) is 0 Å². The third kappa shape index (κ3) is 4.25. The van der Waals surface area contributed by atoms with Gasteiger partial charge in [0, 0.05) is 17.3 Å². The molecule has 1 aromatic heterocycles. The molecule has 0 aliphatic carbocycles. The number of nitrogens with one attached hydrogen (secondary N) is 1. The normalized spacial score (nSPS) is 11.9. The number of hydrogen-bond donors (Lipinski definition) is 1. The molecule has 20 heavy (non-hydrogen) atoms. The van der Waals surface area contributed by atoms with Crippen LogP contribution in [-0.4, -0.2) is 16.6 Å². The highest BCUT2D eigenvalue weighted by Gasteiger charge is 2.10. The molecule has 5 heteroatoms. The fourth-order valence-electron chi connectivity index (χ4n) is 1.70. The zero-order chi connectivity index (χ0) is 14.4. The number of halogens is 1. The fraction of sp³-hybridized carbons (Fsp3) is 0.200. The van der Waals surface area contributed by atoms with Crippen LogP contribution in [0.5, 0.6) is 0 Å². The maximum atomic E-state index is 11.9. The van der Waals surface area contributed by atoms with Crippen LogP contribution in [-0.2, 0) is 4.79 Å². The summed E-state index contributed by atoms with van der Waals surface area (Å²) in [6, 6.07) is 11.3. The van der Waals surface area contributed by atoms with Gasteiger partial charge in [0.2, 0.25) is 5.91 Å². The molecule has 0 radical (unpaired) electrons. The first-order valence-electron chi connectivity index (χ1n) is 6.23. The van der Waals surface area contributed by atoms with E-state index in [1.54, 1.807) is 12.4 Å². The second-order valence-electron chi connectivity index (χ2n) is 4.29. The van der Waals surface area contributed by atoms with Gasteiger partial charge in [0.15, 0.2) is 0 Å². The third-order valence-electron chi connectivity index (χ3n) is 2.76. The van der Waals surface area contributed by atoms with Crippen molar-refractivity contribution in [1.82, 2.24) is 10.3 Å². The van der Waals surface area contributed by atoms with E-state index in [4.69, 9.17) is 11.6 Å². The fourth-order valence-corrected chi connectivity index (χ4v) is 2.75. The van der Waals surface area contributed by atoms with Gasteiger partial charge in [-0.1, -0.05) is 29.8 Å². The molecule has 0 saturated heterocycles. The number of benzene rings is 1. The van der Waals surface area contributed by atoms with E-state index in [1.807, 2.05) is 43.3 Å². The molecule has 2 aromatic rings. The summed E-state index contributed by atoms with van der Waals surface area (Å²) in [7, 11) is 0. The van der Waals surface area contributed by atoms with Crippen molar-refractivity contribution < 1.29 is 4.79 Å². The molecule has 0 bridgehead atoms. The maximum Gasteiger partial charge on any atom is 0.230 e. The van der Waals surface area contributed by atoms with Gasteiger partial charge in [0.05, 0.1) is 16.8 Å². The largest absolute Gasteiger partial charge is 0.349 e. The van der Waals surface area contributed by atoms with Gasteiger partial charge in [0.1, 0.15) is 0 Å². The van der Waals surface area contributed by atoms with Crippen LogP contribution in [0, 0.1) is 0 Å². The SMILES string of the molecule is CC(NC(=O)CSc1ccccc1Cl)c1cccnc1. The van der Waals surface area contributed by atoms with Crippen molar-refractivity contribution in [2.45, 2.75) is 17.9 Å². The lowest BCUT2D eigenvalue weighted by atomic mass is 10.1. The van der Waals surface area contributed by atoms with E-state index in [-0.39, 0.29) is 11.9 Å². The summed E-state index contributed by atoms with van der Waals surface area (Å²) >= 11 is 7.48. The average molecular weight is 307 g/mol. The van der Waals surface area contributed by atoms with E-state index in [0.29, 0.717) is 10.8 Å². The molecule has 0 aliphatic rings. The Morgan fingerprint density at radius 3 is 2.85 bits per heavy atom. The maximum absolute atomic E-state index is 11.9. The molecule has 1 N–H and O–H groups in total. The van der Waals surface area contributed by atoms with Gasteiger partial charge in [-0.2, -0.15) is 0 Å². The topological polar surface area (TPSA) is 42.0 Å². The van der Waals surface area contributed by atoms with Crippen LogP contribution in [0.3, 0.4) is 0 Å². The van der Waals surface area contributed by atoms with Crippen LogP contribution in [0.4, 0.5) is 0 Å². The first-order valence-corrected chi connectivity index (χ1v) is 7.60. The summed E-state index contributed by atoms with van der Waals surface area (Å²) < 4.78 is 0.